The first-order valence-electron chi connectivity index (χ1n) is 7.21. The Morgan fingerprint density at radius 2 is 2.09 bits per heavy atom. The van der Waals surface area contributed by atoms with Gasteiger partial charge in [-0.25, -0.2) is 4.98 Å². The standard InChI is InChI=1S/C16H19N3O3/c1-18-11-17-12-7-8-19(9-13(12)18)16(20)10-22-15-6-4-3-5-14(15)21-2/h3-6,11H,7-10H2,1-2H3. The normalized spacial score (nSPS) is 13.6. The van der Waals surface area contributed by atoms with Crippen molar-refractivity contribution in [1.29, 1.82) is 0 Å². The van der Waals surface area contributed by atoms with E-state index in [1.807, 2.05) is 29.8 Å². The Bertz CT molecular complexity index is 681. The van der Waals surface area contributed by atoms with E-state index in [-0.39, 0.29) is 12.5 Å². The second-order valence-corrected chi connectivity index (χ2v) is 5.25. The highest BCUT2D eigenvalue weighted by molar-refractivity contribution is 5.78. The monoisotopic (exact) mass is 301 g/mol. The number of carbonyl (C=O) groups is 1. The Kier molecular flexibility index (Phi) is 4.00. The minimum absolute atomic E-state index is 0.00750. The topological polar surface area (TPSA) is 56.6 Å². The van der Waals surface area contributed by atoms with Crippen molar-refractivity contribution in [2.45, 2.75) is 13.0 Å². The number of fused-ring (bicyclic) bond motifs is 1. The summed E-state index contributed by atoms with van der Waals surface area (Å²) >= 11 is 0. The first-order valence-corrected chi connectivity index (χ1v) is 7.21. The molecule has 6 nitrogen and oxygen atoms in total. The van der Waals surface area contributed by atoms with Crippen molar-refractivity contribution in [2.24, 2.45) is 7.05 Å². The number of nitrogens with zero attached hydrogens (tertiary/aromatic N) is 3. The van der Waals surface area contributed by atoms with Crippen LogP contribution >= 0.6 is 0 Å². The van der Waals surface area contributed by atoms with Gasteiger partial charge in [-0.15, -0.1) is 0 Å². The lowest BCUT2D eigenvalue weighted by molar-refractivity contribution is -0.134. The quantitative estimate of drug-likeness (QED) is 0.856. The molecule has 0 spiro atoms. The van der Waals surface area contributed by atoms with Gasteiger partial charge < -0.3 is 18.9 Å². The average molecular weight is 301 g/mol. The Hall–Kier alpha value is -2.50. The third kappa shape index (κ3) is 2.77. The van der Waals surface area contributed by atoms with E-state index >= 15 is 0 Å². The molecule has 0 fully saturated rings. The minimum atomic E-state index is -0.0299. The van der Waals surface area contributed by atoms with E-state index in [0.29, 0.717) is 24.6 Å². The van der Waals surface area contributed by atoms with Crippen molar-refractivity contribution in [2.75, 3.05) is 20.3 Å². The summed E-state index contributed by atoms with van der Waals surface area (Å²) in [6.07, 6.45) is 2.58. The van der Waals surface area contributed by atoms with Crippen LogP contribution in [-0.4, -0.2) is 40.6 Å². The third-order valence-electron chi connectivity index (χ3n) is 3.88. The van der Waals surface area contributed by atoms with E-state index in [2.05, 4.69) is 4.98 Å². The lowest BCUT2D eigenvalue weighted by Gasteiger charge is -2.27. The highest BCUT2D eigenvalue weighted by Gasteiger charge is 2.24. The number of ether oxygens (including phenoxy) is 2. The van der Waals surface area contributed by atoms with Crippen molar-refractivity contribution < 1.29 is 14.3 Å². The van der Waals surface area contributed by atoms with Gasteiger partial charge in [0, 0.05) is 20.0 Å². The summed E-state index contributed by atoms with van der Waals surface area (Å²) in [4.78, 5) is 18.5. The van der Waals surface area contributed by atoms with Crippen LogP contribution < -0.4 is 9.47 Å². The number of amides is 1. The highest BCUT2D eigenvalue weighted by atomic mass is 16.5. The van der Waals surface area contributed by atoms with Gasteiger partial charge >= 0.3 is 0 Å². The summed E-state index contributed by atoms with van der Waals surface area (Å²) in [5.74, 6) is 1.18. The molecule has 2 heterocycles. The molecule has 0 saturated carbocycles. The molecule has 116 valence electrons. The summed E-state index contributed by atoms with van der Waals surface area (Å²) in [6, 6.07) is 7.32. The zero-order chi connectivity index (χ0) is 15.5. The van der Waals surface area contributed by atoms with Crippen molar-refractivity contribution in [3.63, 3.8) is 0 Å². The molecule has 22 heavy (non-hydrogen) atoms. The number of para-hydroxylation sites is 2. The zero-order valence-corrected chi connectivity index (χ0v) is 12.8. The summed E-state index contributed by atoms with van der Waals surface area (Å²) in [5, 5.41) is 0. The van der Waals surface area contributed by atoms with Crippen LogP contribution in [0, 0.1) is 0 Å². The fraction of sp³-hybridized carbons (Fsp3) is 0.375. The van der Waals surface area contributed by atoms with Crippen molar-refractivity contribution in [3.8, 4) is 11.5 Å². The predicted octanol–water partition coefficient (Wildman–Crippen LogP) is 1.39. The second-order valence-electron chi connectivity index (χ2n) is 5.25. The van der Waals surface area contributed by atoms with Gasteiger partial charge in [0.2, 0.25) is 0 Å². The van der Waals surface area contributed by atoms with Crippen LogP contribution in [0.5, 0.6) is 11.5 Å². The summed E-state index contributed by atoms with van der Waals surface area (Å²) in [6.45, 7) is 1.27. The Morgan fingerprint density at radius 3 is 2.86 bits per heavy atom. The van der Waals surface area contributed by atoms with E-state index in [1.54, 1.807) is 24.4 Å². The molecule has 1 aliphatic rings. The second kappa shape index (κ2) is 6.09. The Morgan fingerprint density at radius 1 is 1.32 bits per heavy atom. The maximum absolute atomic E-state index is 12.3. The van der Waals surface area contributed by atoms with Gasteiger partial charge in [0.1, 0.15) is 0 Å². The number of hydrogen-bond acceptors (Lipinski definition) is 4. The van der Waals surface area contributed by atoms with Crippen LogP contribution in [0.1, 0.15) is 11.4 Å². The van der Waals surface area contributed by atoms with Crippen LogP contribution in [0.4, 0.5) is 0 Å². The number of aromatic nitrogens is 2. The number of carbonyl (C=O) groups excluding carboxylic acids is 1. The van der Waals surface area contributed by atoms with Crippen molar-refractivity contribution in [3.05, 3.63) is 42.0 Å². The van der Waals surface area contributed by atoms with Crippen molar-refractivity contribution >= 4 is 5.91 Å². The number of benzene rings is 1. The van der Waals surface area contributed by atoms with Gasteiger partial charge in [-0.05, 0) is 12.1 Å². The van der Waals surface area contributed by atoms with Gasteiger partial charge in [0.15, 0.2) is 18.1 Å². The largest absolute Gasteiger partial charge is 0.493 e. The molecule has 0 N–H and O–H groups in total. The molecule has 0 aliphatic carbocycles. The van der Waals surface area contributed by atoms with Gasteiger partial charge in [-0.3, -0.25) is 4.79 Å². The summed E-state index contributed by atoms with van der Waals surface area (Å²) < 4.78 is 12.8. The molecule has 1 aromatic carbocycles. The number of hydrogen-bond donors (Lipinski definition) is 0. The first kappa shape index (κ1) is 14.4. The number of aryl methyl sites for hydroxylation is 1. The maximum Gasteiger partial charge on any atom is 0.260 e. The minimum Gasteiger partial charge on any atom is -0.493 e. The molecule has 0 bridgehead atoms. The molecular weight excluding hydrogens is 282 g/mol. The molecule has 6 heteroatoms. The highest BCUT2D eigenvalue weighted by Crippen LogP contribution is 2.26. The Balaban J connectivity index is 1.62. The molecule has 0 radical (unpaired) electrons. The molecule has 1 amide bonds. The molecule has 2 aromatic rings. The van der Waals surface area contributed by atoms with E-state index in [4.69, 9.17) is 9.47 Å². The SMILES string of the molecule is COc1ccccc1OCC(=O)N1CCc2ncn(C)c2C1. The van der Waals surface area contributed by atoms with Gasteiger partial charge in [-0.2, -0.15) is 0 Å². The summed E-state index contributed by atoms with van der Waals surface area (Å²) in [5.41, 5.74) is 2.18. The van der Waals surface area contributed by atoms with Crippen LogP contribution in [0.3, 0.4) is 0 Å². The number of imidazole rings is 1. The van der Waals surface area contributed by atoms with E-state index in [0.717, 1.165) is 17.8 Å². The lowest BCUT2D eigenvalue weighted by Crippen LogP contribution is -2.39. The van der Waals surface area contributed by atoms with Crippen LogP contribution in [0.15, 0.2) is 30.6 Å². The number of methoxy groups -OCH3 is 1. The fourth-order valence-electron chi connectivity index (χ4n) is 2.60. The molecule has 0 atom stereocenters. The molecule has 0 saturated heterocycles. The van der Waals surface area contributed by atoms with Gasteiger partial charge in [-0.1, -0.05) is 12.1 Å². The first-order chi connectivity index (χ1) is 10.7. The fourth-order valence-corrected chi connectivity index (χ4v) is 2.60. The molecule has 1 aromatic heterocycles. The van der Waals surface area contributed by atoms with Gasteiger partial charge in [0.25, 0.3) is 5.91 Å². The van der Waals surface area contributed by atoms with Crippen molar-refractivity contribution in [1.82, 2.24) is 14.5 Å². The summed E-state index contributed by atoms with van der Waals surface area (Å²) in [7, 11) is 3.53. The molecule has 1 aliphatic heterocycles. The zero-order valence-electron chi connectivity index (χ0n) is 12.8. The number of rotatable bonds is 4. The van der Waals surface area contributed by atoms with Gasteiger partial charge in [0.05, 0.1) is 31.4 Å². The third-order valence-corrected chi connectivity index (χ3v) is 3.88. The Labute approximate surface area is 129 Å². The molecular formula is C16H19N3O3. The smallest absolute Gasteiger partial charge is 0.260 e. The lowest BCUT2D eigenvalue weighted by atomic mass is 10.1. The molecule has 3 rings (SSSR count). The van der Waals surface area contributed by atoms with E-state index < -0.39 is 0 Å². The van der Waals surface area contributed by atoms with E-state index in [1.165, 1.54) is 0 Å². The van der Waals surface area contributed by atoms with Crippen LogP contribution in [0.25, 0.3) is 0 Å². The van der Waals surface area contributed by atoms with E-state index in [9.17, 15) is 4.79 Å². The predicted molar refractivity (Wildman–Crippen MR) is 80.8 cm³/mol. The van der Waals surface area contributed by atoms with Crippen LogP contribution in [0.2, 0.25) is 0 Å². The van der Waals surface area contributed by atoms with Crippen LogP contribution in [-0.2, 0) is 24.8 Å². The molecule has 0 unspecified atom stereocenters. The average Bonchev–Trinajstić information content (AvgIpc) is 2.93. The maximum atomic E-state index is 12.3.